The van der Waals surface area contributed by atoms with Crippen LogP contribution >= 0.6 is 11.3 Å². The fraction of sp³-hybridized carbons (Fsp3) is 0.200. The molecule has 0 fully saturated rings. The lowest BCUT2D eigenvalue weighted by Crippen LogP contribution is -2.30. The van der Waals surface area contributed by atoms with Crippen LogP contribution in [0.15, 0.2) is 58.8 Å². The summed E-state index contributed by atoms with van der Waals surface area (Å²) >= 11 is 1.10. The first-order valence-electron chi connectivity index (χ1n) is 9.09. The molecule has 0 saturated heterocycles. The van der Waals surface area contributed by atoms with Gasteiger partial charge in [0.25, 0.3) is 5.91 Å². The smallest absolute Gasteiger partial charge is 0.387 e. The Balaban J connectivity index is 1.79. The molecule has 2 N–H and O–H groups in total. The number of amides is 1. The van der Waals surface area contributed by atoms with Crippen molar-refractivity contribution < 1.29 is 26.7 Å². The van der Waals surface area contributed by atoms with Crippen LogP contribution in [0, 0.1) is 0 Å². The highest BCUT2D eigenvalue weighted by atomic mass is 32.2. The Hall–Kier alpha value is -2.89. The summed E-state index contributed by atoms with van der Waals surface area (Å²) in [6.07, 6.45) is 0. The zero-order valence-corrected chi connectivity index (χ0v) is 18.1. The maximum absolute atomic E-state index is 12.6. The lowest BCUT2D eigenvalue weighted by molar-refractivity contribution is -0.0494. The fourth-order valence-electron chi connectivity index (χ4n) is 2.68. The summed E-state index contributed by atoms with van der Waals surface area (Å²) in [5.74, 6) is -0.587. The largest absolute Gasteiger partial charge is 0.434 e. The summed E-state index contributed by atoms with van der Waals surface area (Å²) in [4.78, 5) is 16.8. The molecule has 31 heavy (non-hydrogen) atoms. The monoisotopic (exact) mass is 467 g/mol. The number of anilines is 1. The predicted octanol–water partition coefficient (Wildman–Crippen LogP) is 4.35. The first kappa shape index (κ1) is 22.8. The standard InChI is InChI=1S/C20H19F2N3O4S2/c1-12(2)25-31(27,28)14-7-5-6-13(10-14)18(26)24-20-23-16(11-30-20)15-8-3-4-9-17(15)29-19(21)22/h3-12,19,25H,1-2H3,(H,23,24,26). The number of aromatic nitrogens is 1. The topological polar surface area (TPSA) is 97.4 Å². The van der Waals surface area contributed by atoms with Crippen molar-refractivity contribution in [3.63, 3.8) is 0 Å². The van der Waals surface area contributed by atoms with E-state index in [2.05, 4.69) is 19.8 Å². The molecule has 164 valence electrons. The first-order chi connectivity index (χ1) is 14.7. The second-order valence-electron chi connectivity index (χ2n) is 6.67. The van der Waals surface area contributed by atoms with Gasteiger partial charge in [-0.3, -0.25) is 10.1 Å². The van der Waals surface area contributed by atoms with Gasteiger partial charge in [-0.1, -0.05) is 18.2 Å². The molecule has 3 rings (SSSR count). The Morgan fingerprint density at radius 3 is 2.58 bits per heavy atom. The molecular formula is C20H19F2N3O4S2. The van der Waals surface area contributed by atoms with Gasteiger partial charge >= 0.3 is 6.61 Å². The number of ether oxygens (including phenoxy) is 1. The zero-order chi connectivity index (χ0) is 22.6. The van der Waals surface area contributed by atoms with E-state index in [0.717, 1.165) is 11.3 Å². The van der Waals surface area contributed by atoms with E-state index in [1.165, 1.54) is 30.3 Å². The van der Waals surface area contributed by atoms with Crippen LogP contribution < -0.4 is 14.8 Å². The van der Waals surface area contributed by atoms with Gasteiger partial charge in [-0.15, -0.1) is 11.3 Å². The molecule has 1 aromatic heterocycles. The molecule has 0 unspecified atom stereocenters. The Morgan fingerprint density at radius 2 is 1.87 bits per heavy atom. The molecule has 0 radical (unpaired) electrons. The van der Waals surface area contributed by atoms with Crippen LogP contribution in [0.4, 0.5) is 13.9 Å². The van der Waals surface area contributed by atoms with Crippen molar-refractivity contribution in [1.29, 1.82) is 0 Å². The van der Waals surface area contributed by atoms with Gasteiger partial charge in [-0.2, -0.15) is 8.78 Å². The maximum Gasteiger partial charge on any atom is 0.387 e. The normalized spacial score (nSPS) is 11.7. The lowest BCUT2D eigenvalue weighted by atomic mass is 10.1. The number of rotatable bonds is 8. The Morgan fingerprint density at radius 1 is 1.13 bits per heavy atom. The molecule has 0 atom stereocenters. The number of nitrogens with one attached hydrogen (secondary N) is 2. The van der Waals surface area contributed by atoms with E-state index >= 15 is 0 Å². The third-order valence-electron chi connectivity index (χ3n) is 3.90. The molecule has 1 amide bonds. The third-order valence-corrected chi connectivity index (χ3v) is 6.32. The molecule has 0 aliphatic heterocycles. The van der Waals surface area contributed by atoms with Crippen molar-refractivity contribution in [2.24, 2.45) is 0 Å². The van der Waals surface area contributed by atoms with Crippen molar-refractivity contribution in [2.75, 3.05) is 5.32 Å². The molecule has 7 nitrogen and oxygen atoms in total. The summed E-state index contributed by atoms with van der Waals surface area (Å²) in [7, 11) is -3.75. The van der Waals surface area contributed by atoms with E-state index < -0.39 is 22.5 Å². The van der Waals surface area contributed by atoms with Gasteiger partial charge in [0.2, 0.25) is 10.0 Å². The maximum atomic E-state index is 12.6. The van der Waals surface area contributed by atoms with Crippen LogP contribution in [0.5, 0.6) is 5.75 Å². The summed E-state index contributed by atoms with van der Waals surface area (Å²) in [6, 6.07) is 11.5. The van der Waals surface area contributed by atoms with Crippen LogP contribution in [-0.2, 0) is 10.0 Å². The molecule has 11 heteroatoms. The molecule has 0 spiro atoms. The van der Waals surface area contributed by atoms with Gasteiger partial charge in [0.1, 0.15) is 5.75 Å². The van der Waals surface area contributed by atoms with Crippen molar-refractivity contribution in [2.45, 2.75) is 31.4 Å². The molecule has 0 aliphatic rings. The van der Waals surface area contributed by atoms with E-state index in [-0.39, 0.29) is 27.4 Å². The van der Waals surface area contributed by atoms with Crippen molar-refractivity contribution >= 4 is 32.4 Å². The van der Waals surface area contributed by atoms with Crippen molar-refractivity contribution in [1.82, 2.24) is 9.71 Å². The molecule has 0 saturated carbocycles. The van der Waals surface area contributed by atoms with E-state index in [1.807, 2.05) is 0 Å². The van der Waals surface area contributed by atoms with Gasteiger partial charge in [-0.25, -0.2) is 18.1 Å². The molecule has 2 aromatic carbocycles. The molecule has 0 aliphatic carbocycles. The number of hydrogen-bond acceptors (Lipinski definition) is 6. The number of alkyl halides is 2. The van der Waals surface area contributed by atoms with Crippen molar-refractivity contribution in [3.05, 3.63) is 59.5 Å². The number of nitrogens with zero attached hydrogens (tertiary/aromatic N) is 1. The van der Waals surface area contributed by atoms with Gasteiger partial charge < -0.3 is 4.74 Å². The first-order valence-corrected chi connectivity index (χ1v) is 11.5. The van der Waals surface area contributed by atoms with E-state index in [9.17, 15) is 22.0 Å². The van der Waals surface area contributed by atoms with Crippen LogP contribution in [0.1, 0.15) is 24.2 Å². The Kier molecular flexibility index (Phi) is 6.98. The number of sulfonamides is 1. The average Bonchev–Trinajstić information content (AvgIpc) is 3.15. The number of halogens is 2. The number of thiazole rings is 1. The molecular weight excluding hydrogens is 448 g/mol. The number of carbonyl (C=O) groups is 1. The minimum Gasteiger partial charge on any atom is -0.434 e. The third kappa shape index (κ3) is 5.84. The highest BCUT2D eigenvalue weighted by Crippen LogP contribution is 2.33. The van der Waals surface area contributed by atoms with Crippen LogP contribution in [-0.4, -0.2) is 32.0 Å². The predicted molar refractivity (Wildman–Crippen MR) is 114 cm³/mol. The summed E-state index contributed by atoms with van der Waals surface area (Å²) in [5.41, 5.74) is 0.839. The second kappa shape index (κ2) is 9.50. The molecule has 1 heterocycles. The Bertz CT molecular complexity index is 1180. The average molecular weight is 468 g/mol. The van der Waals surface area contributed by atoms with Gasteiger partial charge in [0, 0.05) is 22.5 Å². The van der Waals surface area contributed by atoms with Crippen LogP contribution in [0.25, 0.3) is 11.3 Å². The summed E-state index contributed by atoms with van der Waals surface area (Å²) in [6.45, 7) is 0.407. The zero-order valence-electron chi connectivity index (χ0n) is 16.5. The minimum atomic E-state index is -3.75. The second-order valence-corrected chi connectivity index (χ2v) is 9.24. The molecule has 3 aromatic rings. The van der Waals surface area contributed by atoms with E-state index in [1.54, 1.807) is 37.4 Å². The number of benzene rings is 2. The van der Waals surface area contributed by atoms with E-state index in [4.69, 9.17) is 0 Å². The number of para-hydroxylation sites is 1. The van der Waals surface area contributed by atoms with Gasteiger partial charge in [-0.05, 0) is 44.2 Å². The highest BCUT2D eigenvalue weighted by molar-refractivity contribution is 7.89. The Labute approximate surface area is 182 Å². The number of hydrogen-bond donors (Lipinski definition) is 2. The van der Waals surface area contributed by atoms with Gasteiger partial charge in [0.15, 0.2) is 5.13 Å². The SMILES string of the molecule is CC(C)NS(=O)(=O)c1cccc(C(=O)Nc2nc(-c3ccccc3OC(F)F)cs2)c1. The highest BCUT2D eigenvalue weighted by Gasteiger charge is 2.18. The van der Waals surface area contributed by atoms with Crippen LogP contribution in [0.3, 0.4) is 0 Å². The molecule has 0 bridgehead atoms. The minimum absolute atomic E-state index is 0.0313. The number of carbonyl (C=O) groups excluding carboxylic acids is 1. The summed E-state index contributed by atoms with van der Waals surface area (Å²) < 4.78 is 56.9. The van der Waals surface area contributed by atoms with Crippen molar-refractivity contribution in [3.8, 4) is 17.0 Å². The lowest BCUT2D eigenvalue weighted by Gasteiger charge is -2.10. The quantitative estimate of drug-likeness (QED) is 0.513. The van der Waals surface area contributed by atoms with Gasteiger partial charge in [0.05, 0.1) is 10.6 Å². The fourth-order valence-corrected chi connectivity index (χ4v) is 4.69. The van der Waals surface area contributed by atoms with E-state index in [0.29, 0.717) is 11.3 Å². The summed E-state index contributed by atoms with van der Waals surface area (Å²) in [5, 5.41) is 4.41. The van der Waals surface area contributed by atoms with Crippen LogP contribution in [0.2, 0.25) is 0 Å².